The van der Waals surface area contributed by atoms with E-state index in [0.717, 1.165) is 23.6 Å². The molecule has 1 radical (unpaired) electrons. The smallest absolute Gasteiger partial charge is 0.119 e. The molecule has 1 aromatic carbocycles. The summed E-state index contributed by atoms with van der Waals surface area (Å²) >= 11 is 5.84. The van der Waals surface area contributed by atoms with Crippen LogP contribution in [-0.2, 0) is 0 Å². The van der Waals surface area contributed by atoms with Crippen LogP contribution in [0.25, 0.3) is 0 Å². The molecule has 2 atom stereocenters. The van der Waals surface area contributed by atoms with Gasteiger partial charge in [0, 0.05) is 23.5 Å². The first-order valence-electron chi connectivity index (χ1n) is 5.83. The van der Waals surface area contributed by atoms with Crippen LogP contribution < -0.4 is 10.1 Å². The Morgan fingerprint density at radius 3 is 2.81 bits per heavy atom. The second-order valence-corrected chi connectivity index (χ2v) is 5.05. The first-order valence-corrected chi connectivity index (χ1v) is 6.21. The normalized spacial score (nSPS) is 29.3. The molecular formula is C13H15ClNO. The van der Waals surface area contributed by atoms with E-state index in [0.29, 0.717) is 12.1 Å². The van der Waals surface area contributed by atoms with Crippen molar-refractivity contribution in [3.63, 3.8) is 0 Å². The number of piperidine rings is 1. The van der Waals surface area contributed by atoms with E-state index in [9.17, 15) is 0 Å². The summed E-state index contributed by atoms with van der Waals surface area (Å²) in [7, 11) is 0. The zero-order valence-corrected chi connectivity index (χ0v) is 9.83. The van der Waals surface area contributed by atoms with Crippen molar-refractivity contribution >= 4 is 11.6 Å². The van der Waals surface area contributed by atoms with E-state index in [-0.39, 0.29) is 0 Å². The van der Waals surface area contributed by atoms with Crippen LogP contribution in [0, 0.1) is 6.04 Å². The molecule has 2 unspecified atom stereocenters. The minimum absolute atomic E-state index is 0.338. The van der Waals surface area contributed by atoms with Crippen molar-refractivity contribution < 1.29 is 4.74 Å². The van der Waals surface area contributed by atoms with Gasteiger partial charge in [-0.3, -0.25) is 0 Å². The fourth-order valence-corrected chi connectivity index (χ4v) is 2.72. The fraction of sp³-hybridized carbons (Fsp3) is 0.462. The molecule has 2 nitrogen and oxygen atoms in total. The SMILES string of the molecule is Clc1ccc(OC2C[C]3CCC(C2)N3)cc1. The Kier molecular flexibility index (Phi) is 2.78. The first-order chi connectivity index (χ1) is 7.79. The Balaban J connectivity index is 1.64. The summed E-state index contributed by atoms with van der Waals surface area (Å²) in [6, 6.07) is 9.74. The number of rotatable bonds is 2. The molecule has 16 heavy (non-hydrogen) atoms. The van der Waals surface area contributed by atoms with Gasteiger partial charge in [0.15, 0.2) is 0 Å². The number of benzene rings is 1. The van der Waals surface area contributed by atoms with Gasteiger partial charge in [0.2, 0.25) is 0 Å². The summed E-state index contributed by atoms with van der Waals surface area (Å²) in [5, 5.41) is 4.29. The molecule has 2 bridgehead atoms. The minimum Gasteiger partial charge on any atom is -0.490 e. The molecule has 3 heteroatoms. The van der Waals surface area contributed by atoms with Crippen molar-refractivity contribution in [1.82, 2.24) is 5.32 Å². The number of nitrogens with one attached hydrogen (secondary N) is 1. The summed E-state index contributed by atoms with van der Waals surface area (Å²) in [5.41, 5.74) is 0. The van der Waals surface area contributed by atoms with Crippen molar-refractivity contribution in [2.45, 2.75) is 37.8 Å². The number of halogens is 1. The number of ether oxygens (including phenoxy) is 1. The van der Waals surface area contributed by atoms with Crippen molar-refractivity contribution in [3.05, 3.63) is 35.3 Å². The zero-order valence-electron chi connectivity index (χ0n) is 9.08. The molecule has 0 amide bonds. The fourth-order valence-electron chi connectivity index (χ4n) is 2.59. The first kappa shape index (κ1) is 10.4. The summed E-state index contributed by atoms with van der Waals surface area (Å²) in [6.07, 6.45) is 5.01. The summed E-state index contributed by atoms with van der Waals surface area (Å²) in [4.78, 5) is 0. The van der Waals surface area contributed by atoms with Gasteiger partial charge < -0.3 is 10.1 Å². The predicted octanol–water partition coefficient (Wildman–Crippen LogP) is 3.17. The highest BCUT2D eigenvalue weighted by atomic mass is 35.5. The Hall–Kier alpha value is -0.730. The monoisotopic (exact) mass is 236 g/mol. The van der Waals surface area contributed by atoms with Gasteiger partial charge in [0.25, 0.3) is 0 Å². The number of fused-ring (bicyclic) bond motifs is 2. The van der Waals surface area contributed by atoms with Gasteiger partial charge in [-0.05, 0) is 43.5 Å². The highest BCUT2D eigenvalue weighted by Gasteiger charge is 2.34. The molecule has 85 valence electrons. The third-order valence-electron chi connectivity index (χ3n) is 3.34. The van der Waals surface area contributed by atoms with Gasteiger partial charge in [0.05, 0.1) is 0 Å². The van der Waals surface area contributed by atoms with Crippen molar-refractivity contribution in [2.75, 3.05) is 0 Å². The average molecular weight is 237 g/mol. The minimum atomic E-state index is 0.338. The zero-order chi connectivity index (χ0) is 11.0. The maximum atomic E-state index is 5.97. The summed E-state index contributed by atoms with van der Waals surface area (Å²) < 4.78 is 5.97. The predicted molar refractivity (Wildman–Crippen MR) is 64.5 cm³/mol. The van der Waals surface area contributed by atoms with Crippen molar-refractivity contribution in [1.29, 1.82) is 0 Å². The molecule has 1 N–H and O–H groups in total. The number of hydrogen-bond acceptors (Lipinski definition) is 2. The lowest BCUT2D eigenvalue weighted by Crippen LogP contribution is -2.38. The Morgan fingerprint density at radius 1 is 1.25 bits per heavy atom. The van der Waals surface area contributed by atoms with Crippen LogP contribution in [-0.4, -0.2) is 12.1 Å². The average Bonchev–Trinajstić information content (AvgIpc) is 2.62. The molecule has 3 rings (SSSR count). The second-order valence-electron chi connectivity index (χ2n) is 4.62. The topological polar surface area (TPSA) is 21.3 Å². The maximum absolute atomic E-state index is 5.97. The van der Waals surface area contributed by atoms with E-state index >= 15 is 0 Å². The molecule has 1 aromatic rings. The maximum Gasteiger partial charge on any atom is 0.119 e. The molecule has 2 aliphatic rings. The Labute approximate surface area is 101 Å². The van der Waals surface area contributed by atoms with Crippen LogP contribution in [0.3, 0.4) is 0 Å². The molecule has 2 fully saturated rings. The summed E-state index contributed by atoms with van der Waals surface area (Å²) in [5.74, 6) is 0.927. The van der Waals surface area contributed by atoms with Crippen LogP contribution >= 0.6 is 11.6 Å². The molecule has 0 aromatic heterocycles. The highest BCUT2D eigenvalue weighted by molar-refractivity contribution is 6.30. The molecule has 2 aliphatic heterocycles. The molecular weight excluding hydrogens is 222 g/mol. The molecule has 2 saturated heterocycles. The number of hydrogen-bond donors (Lipinski definition) is 1. The van der Waals surface area contributed by atoms with Gasteiger partial charge in [-0.1, -0.05) is 11.6 Å². The Morgan fingerprint density at radius 2 is 2.06 bits per heavy atom. The van der Waals surface area contributed by atoms with E-state index in [1.807, 2.05) is 24.3 Å². The highest BCUT2D eigenvalue weighted by Crippen LogP contribution is 2.33. The standard InChI is InChI=1S/C13H15ClNO/c14-9-1-5-12(6-2-9)16-13-7-10-3-4-11(8-13)15-10/h1-2,5-6,10,13,15H,3-4,7-8H2. The molecule has 2 heterocycles. The van der Waals surface area contributed by atoms with Gasteiger partial charge in [-0.2, -0.15) is 0 Å². The van der Waals surface area contributed by atoms with E-state index in [1.165, 1.54) is 18.9 Å². The molecule has 0 spiro atoms. The third kappa shape index (κ3) is 2.18. The van der Waals surface area contributed by atoms with Crippen LogP contribution in [0.15, 0.2) is 24.3 Å². The lowest BCUT2D eigenvalue weighted by atomic mass is 10.0. The summed E-state index contributed by atoms with van der Waals surface area (Å²) in [6.45, 7) is 0. The van der Waals surface area contributed by atoms with Crippen molar-refractivity contribution in [3.8, 4) is 5.75 Å². The largest absolute Gasteiger partial charge is 0.490 e. The van der Waals surface area contributed by atoms with Crippen molar-refractivity contribution in [2.24, 2.45) is 0 Å². The van der Waals surface area contributed by atoms with Crippen LogP contribution in [0.1, 0.15) is 25.7 Å². The third-order valence-corrected chi connectivity index (χ3v) is 3.59. The lowest BCUT2D eigenvalue weighted by molar-refractivity contribution is 0.155. The molecule has 0 saturated carbocycles. The Bertz CT molecular complexity index is 353. The van der Waals surface area contributed by atoms with E-state index in [1.54, 1.807) is 0 Å². The molecule has 0 aliphatic carbocycles. The van der Waals surface area contributed by atoms with E-state index < -0.39 is 0 Å². The van der Waals surface area contributed by atoms with E-state index in [2.05, 4.69) is 5.32 Å². The van der Waals surface area contributed by atoms with Crippen LogP contribution in [0.4, 0.5) is 0 Å². The second kappa shape index (κ2) is 4.27. The van der Waals surface area contributed by atoms with Crippen LogP contribution in [0.5, 0.6) is 5.75 Å². The van der Waals surface area contributed by atoms with Gasteiger partial charge in [0.1, 0.15) is 11.9 Å². The van der Waals surface area contributed by atoms with Gasteiger partial charge >= 0.3 is 0 Å². The van der Waals surface area contributed by atoms with E-state index in [4.69, 9.17) is 16.3 Å². The van der Waals surface area contributed by atoms with Gasteiger partial charge in [-0.25, -0.2) is 0 Å². The quantitative estimate of drug-likeness (QED) is 0.852. The van der Waals surface area contributed by atoms with Gasteiger partial charge in [-0.15, -0.1) is 0 Å². The van der Waals surface area contributed by atoms with Crippen LogP contribution in [0.2, 0.25) is 5.02 Å². The lowest BCUT2D eigenvalue weighted by Gasteiger charge is -2.29.